The van der Waals surface area contributed by atoms with E-state index >= 15 is 0 Å². The predicted molar refractivity (Wildman–Crippen MR) is 107 cm³/mol. The highest BCUT2D eigenvalue weighted by Gasteiger charge is 2.18. The molecule has 0 N–H and O–H groups in total. The fourth-order valence-electron chi connectivity index (χ4n) is 2.15. The van der Waals surface area contributed by atoms with Crippen LogP contribution < -0.4 is 16.1 Å². The van der Waals surface area contributed by atoms with E-state index in [-0.39, 0.29) is 21.3 Å². The van der Waals surface area contributed by atoms with Gasteiger partial charge < -0.3 is 9.47 Å². The summed E-state index contributed by atoms with van der Waals surface area (Å²) in [6, 6.07) is 1.88. The monoisotopic (exact) mass is 463 g/mol. The second kappa shape index (κ2) is 9.37. The van der Waals surface area contributed by atoms with Gasteiger partial charge in [-0.3, -0.25) is 18.7 Å². The predicted octanol–water partition coefficient (Wildman–Crippen LogP) is 1.21. The summed E-state index contributed by atoms with van der Waals surface area (Å²) in [5.74, 6) is -1.87. The molecule has 0 saturated carbocycles. The molecule has 2 rings (SSSR count). The van der Waals surface area contributed by atoms with Crippen LogP contribution in [0.1, 0.15) is 0 Å². The third kappa shape index (κ3) is 4.95. The van der Waals surface area contributed by atoms with E-state index in [1.807, 2.05) is 0 Å². The Labute approximate surface area is 177 Å². The van der Waals surface area contributed by atoms with Crippen LogP contribution in [0.4, 0.5) is 4.39 Å². The molecule has 2 aromatic rings. The zero-order valence-corrected chi connectivity index (χ0v) is 17.8. The minimum atomic E-state index is -0.954. The van der Waals surface area contributed by atoms with E-state index in [1.165, 1.54) is 21.2 Å². The maximum atomic E-state index is 14.5. The van der Waals surface area contributed by atoms with E-state index in [0.29, 0.717) is 16.3 Å². The number of ether oxygens (including phenoxy) is 2. The summed E-state index contributed by atoms with van der Waals surface area (Å²) in [4.78, 5) is 47.8. The minimum absolute atomic E-state index is 0.0460. The smallest absolute Gasteiger partial charge is 0.338 e. The summed E-state index contributed by atoms with van der Waals surface area (Å²) in [6.07, 6.45) is 0. The lowest BCUT2D eigenvalue weighted by molar-refractivity contribution is -0.137. The molecule has 0 fully saturated rings. The van der Waals surface area contributed by atoms with Crippen LogP contribution in [0.3, 0.4) is 0 Å². The van der Waals surface area contributed by atoms with Crippen LogP contribution >= 0.6 is 35.6 Å². The van der Waals surface area contributed by atoms with Gasteiger partial charge in [0.25, 0.3) is 0 Å². The Bertz CT molecular complexity index is 1120. The maximum absolute atomic E-state index is 14.5. The second-order valence-electron chi connectivity index (χ2n) is 5.56. The first-order chi connectivity index (χ1) is 13.6. The number of methoxy groups -OCH3 is 1. The molecular formula is C16H15ClFN3O6S2. The van der Waals surface area contributed by atoms with Gasteiger partial charge >= 0.3 is 17.3 Å². The Morgan fingerprint density at radius 3 is 2.34 bits per heavy atom. The van der Waals surface area contributed by atoms with Gasteiger partial charge in [0.1, 0.15) is 11.6 Å². The lowest BCUT2D eigenvalue weighted by Gasteiger charge is -2.13. The second-order valence-corrected chi connectivity index (χ2v) is 7.37. The summed E-state index contributed by atoms with van der Waals surface area (Å²) in [7, 11) is 3.86. The third-order valence-corrected chi connectivity index (χ3v) is 5.36. The summed E-state index contributed by atoms with van der Waals surface area (Å²) in [5.41, 5.74) is -2.15. The lowest BCUT2D eigenvalue weighted by Crippen LogP contribution is -2.43. The van der Waals surface area contributed by atoms with Gasteiger partial charge in [0.2, 0.25) is 5.12 Å². The van der Waals surface area contributed by atoms with Crippen molar-refractivity contribution < 1.29 is 23.5 Å². The van der Waals surface area contributed by atoms with Gasteiger partial charge in [0, 0.05) is 20.2 Å². The first-order valence-corrected chi connectivity index (χ1v) is 9.59. The van der Waals surface area contributed by atoms with Crippen LogP contribution in [0.25, 0.3) is 5.69 Å². The number of halogens is 2. The number of carbonyl (C=O) groups excluding carboxylic acids is 2. The SMILES string of the molecule is COC(=O)CSC(=O)COc1cc(-n2c(=O)n(C)c(=S)n(C)c2=O)c(F)cc1Cl. The van der Waals surface area contributed by atoms with Crippen molar-refractivity contribution in [2.75, 3.05) is 19.5 Å². The number of esters is 1. The van der Waals surface area contributed by atoms with Gasteiger partial charge in [-0.15, -0.1) is 0 Å². The number of hydrogen-bond acceptors (Lipinski definition) is 8. The first-order valence-electron chi connectivity index (χ1n) is 7.82. The van der Waals surface area contributed by atoms with E-state index in [2.05, 4.69) is 4.74 Å². The topological polar surface area (TPSA) is 102 Å². The molecule has 1 aromatic carbocycles. The molecule has 0 atom stereocenters. The van der Waals surface area contributed by atoms with Crippen molar-refractivity contribution in [2.45, 2.75) is 0 Å². The fourth-order valence-corrected chi connectivity index (χ4v) is 3.05. The largest absolute Gasteiger partial charge is 0.483 e. The number of nitrogens with zero attached hydrogens (tertiary/aromatic N) is 3. The van der Waals surface area contributed by atoms with Crippen LogP contribution in [-0.2, 0) is 28.4 Å². The van der Waals surface area contributed by atoms with Crippen molar-refractivity contribution in [2.24, 2.45) is 14.1 Å². The average Bonchev–Trinajstić information content (AvgIpc) is 2.69. The maximum Gasteiger partial charge on any atom is 0.338 e. The number of benzene rings is 1. The van der Waals surface area contributed by atoms with Crippen LogP contribution in [0.5, 0.6) is 5.75 Å². The molecule has 29 heavy (non-hydrogen) atoms. The number of rotatable bonds is 6. The van der Waals surface area contributed by atoms with Gasteiger partial charge in [-0.25, -0.2) is 18.5 Å². The Hall–Kier alpha value is -2.44. The van der Waals surface area contributed by atoms with Gasteiger partial charge in [-0.2, -0.15) is 0 Å². The molecule has 0 radical (unpaired) electrons. The molecule has 1 heterocycles. The molecule has 0 amide bonds. The third-order valence-electron chi connectivity index (χ3n) is 3.70. The Balaban J connectivity index is 2.40. The van der Waals surface area contributed by atoms with Crippen LogP contribution in [0.2, 0.25) is 5.02 Å². The Kier molecular flexibility index (Phi) is 7.38. The van der Waals surface area contributed by atoms with Crippen LogP contribution in [0.15, 0.2) is 21.7 Å². The zero-order chi connectivity index (χ0) is 21.9. The minimum Gasteiger partial charge on any atom is -0.483 e. The van der Waals surface area contributed by atoms with E-state index in [1.54, 1.807) is 0 Å². The molecular weight excluding hydrogens is 449 g/mol. The van der Waals surface area contributed by atoms with Gasteiger partial charge in [-0.05, 0) is 18.3 Å². The summed E-state index contributed by atoms with van der Waals surface area (Å²) in [6.45, 7) is -0.488. The quantitative estimate of drug-likeness (QED) is 0.465. The molecule has 0 aliphatic rings. The molecule has 0 aliphatic carbocycles. The highest BCUT2D eigenvalue weighted by molar-refractivity contribution is 8.14. The van der Waals surface area contributed by atoms with Crippen molar-refractivity contribution in [3.05, 3.63) is 48.7 Å². The van der Waals surface area contributed by atoms with Crippen molar-refractivity contribution >= 4 is 46.7 Å². The van der Waals surface area contributed by atoms with Crippen molar-refractivity contribution in [1.29, 1.82) is 0 Å². The van der Waals surface area contributed by atoms with E-state index in [9.17, 15) is 23.6 Å². The summed E-state index contributed by atoms with van der Waals surface area (Å²) < 4.78 is 26.7. The summed E-state index contributed by atoms with van der Waals surface area (Å²) in [5, 5.41) is -0.682. The molecule has 156 valence electrons. The van der Waals surface area contributed by atoms with Gasteiger partial charge in [0.15, 0.2) is 11.4 Å². The zero-order valence-electron chi connectivity index (χ0n) is 15.4. The van der Waals surface area contributed by atoms with Crippen molar-refractivity contribution in [1.82, 2.24) is 13.7 Å². The first kappa shape index (κ1) is 22.8. The van der Waals surface area contributed by atoms with E-state index < -0.39 is 40.6 Å². The van der Waals surface area contributed by atoms with Gasteiger partial charge in [-0.1, -0.05) is 23.4 Å². The Morgan fingerprint density at radius 2 is 1.79 bits per heavy atom. The number of carbonyl (C=O) groups is 2. The molecule has 1 aromatic heterocycles. The molecule has 0 bridgehead atoms. The molecule has 0 spiro atoms. The van der Waals surface area contributed by atoms with Crippen molar-refractivity contribution in [3.8, 4) is 11.4 Å². The summed E-state index contributed by atoms with van der Waals surface area (Å²) >= 11 is 11.6. The lowest BCUT2D eigenvalue weighted by atomic mass is 10.2. The Morgan fingerprint density at radius 1 is 1.21 bits per heavy atom. The number of aromatic nitrogens is 3. The molecule has 0 saturated heterocycles. The highest BCUT2D eigenvalue weighted by atomic mass is 35.5. The average molecular weight is 464 g/mol. The molecule has 9 nitrogen and oxygen atoms in total. The standard InChI is InChI=1S/C16H15ClFN3O6S2/c1-19-14(24)21(15(25)20(2)16(19)28)10-5-11(8(17)4-9(10)18)27-6-13(23)29-7-12(22)26-3/h4-5H,6-7H2,1-3H3. The molecule has 0 aliphatic heterocycles. The highest BCUT2D eigenvalue weighted by Crippen LogP contribution is 2.29. The molecule has 0 unspecified atom stereocenters. The van der Waals surface area contributed by atoms with Crippen molar-refractivity contribution in [3.63, 3.8) is 0 Å². The number of thioether (sulfide) groups is 1. The number of hydrogen-bond donors (Lipinski definition) is 0. The molecule has 13 heteroatoms. The van der Waals surface area contributed by atoms with E-state index in [4.69, 9.17) is 28.6 Å². The normalized spacial score (nSPS) is 10.7. The van der Waals surface area contributed by atoms with Crippen LogP contribution in [-0.4, -0.2) is 44.3 Å². The van der Waals surface area contributed by atoms with Crippen LogP contribution in [0, 0.1) is 10.6 Å². The fraction of sp³-hybridized carbons (Fsp3) is 0.312. The van der Waals surface area contributed by atoms with E-state index in [0.717, 1.165) is 21.3 Å². The van der Waals surface area contributed by atoms with Gasteiger partial charge in [0.05, 0.1) is 23.6 Å².